The number of alkyl halides is 3. The lowest BCUT2D eigenvalue weighted by Crippen LogP contribution is -2.28. The molecule has 134 valence electrons. The fourth-order valence-corrected chi connectivity index (χ4v) is 3.13. The predicted octanol–water partition coefficient (Wildman–Crippen LogP) is 3.17. The number of hydrogen-bond donors (Lipinski definition) is 1. The highest BCUT2D eigenvalue weighted by Crippen LogP contribution is 2.34. The van der Waals surface area contributed by atoms with Crippen molar-refractivity contribution >= 4 is 21.8 Å². The van der Waals surface area contributed by atoms with Crippen molar-refractivity contribution < 1.29 is 22.7 Å². The van der Waals surface area contributed by atoms with E-state index in [1.807, 2.05) is 0 Å². The zero-order chi connectivity index (χ0) is 18.0. The van der Waals surface area contributed by atoms with Gasteiger partial charge in [0.25, 0.3) is 5.91 Å². The van der Waals surface area contributed by atoms with E-state index in [1.54, 1.807) is 24.3 Å². The van der Waals surface area contributed by atoms with Gasteiger partial charge in [-0.2, -0.15) is 18.3 Å². The van der Waals surface area contributed by atoms with Crippen LogP contribution in [0.3, 0.4) is 0 Å². The molecule has 0 unspecified atom stereocenters. The summed E-state index contributed by atoms with van der Waals surface area (Å²) in [6, 6.07) is 6.87. The molecule has 2 heterocycles. The number of hydrogen-bond acceptors (Lipinski definition) is 3. The molecule has 1 aliphatic heterocycles. The fraction of sp³-hybridized carbons (Fsp3) is 0.375. The second-order valence-corrected chi connectivity index (χ2v) is 6.48. The molecule has 0 saturated heterocycles. The van der Waals surface area contributed by atoms with Crippen molar-refractivity contribution in [3.05, 3.63) is 51.3 Å². The molecule has 1 N–H and O–H groups in total. The summed E-state index contributed by atoms with van der Waals surface area (Å²) < 4.78 is 46.5. The third kappa shape index (κ3) is 4.04. The summed E-state index contributed by atoms with van der Waals surface area (Å²) in [4.78, 5) is 12.1. The van der Waals surface area contributed by atoms with Crippen molar-refractivity contribution in [1.82, 2.24) is 15.1 Å². The number of nitrogens with zero attached hydrogens (tertiary/aromatic N) is 2. The monoisotopic (exact) mass is 417 g/mol. The Morgan fingerprint density at radius 3 is 2.92 bits per heavy atom. The van der Waals surface area contributed by atoms with Gasteiger partial charge in [0.05, 0.1) is 19.8 Å². The maximum atomic E-state index is 13.1. The average molecular weight is 418 g/mol. The number of nitrogens with one attached hydrogen (secondary N) is 1. The van der Waals surface area contributed by atoms with E-state index in [9.17, 15) is 18.0 Å². The van der Waals surface area contributed by atoms with Crippen LogP contribution in [-0.2, 0) is 30.5 Å². The summed E-state index contributed by atoms with van der Waals surface area (Å²) in [5.41, 5.74) is 0.189. The molecule has 9 heteroatoms. The molecule has 1 amide bonds. The Morgan fingerprint density at radius 2 is 2.20 bits per heavy atom. The molecule has 0 saturated carbocycles. The van der Waals surface area contributed by atoms with Crippen LogP contribution in [0.25, 0.3) is 0 Å². The van der Waals surface area contributed by atoms with Crippen molar-refractivity contribution in [3.8, 4) is 0 Å². The summed E-state index contributed by atoms with van der Waals surface area (Å²) in [5, 5.41) is 6.40. The van der Waals surface area contributed by atoms with Crippen LogP contribution < -0.4 is 5.32 Å². The molecule has 0 bridgehead atoms. The Labute approximate surface area is 150 Å². The molecule has 0 aliphatic carbocycles. The highest BCUT2D eigenvalue weighted by atomic mass is 79.9. The Bertz CT molecular complexity index is 789. The van der Waals surface area contributed by atoms with E-state index >= 15 is 0 Å². The molecular formula is C16H15BrF3N3O2. The third-order valence-electron chi connectivity index (χ3n) is 3.86. The smallest absolute Gasteiger partial charge is 0.376 e. The SMILES string of the molecule is O=C(NCCn1nc(C(F)(F)F)c2c1CCOC2)c1cccc(Br)c1. The van der Waals surface area contributed by atoms with E-state index in [-0.39, 0.29) is 31.2 Å². The fourth-order valence-electron chi connectivity index (χ4n) is 2.73. The molecule has 0 spiro atoms. The van der Waals surface area contributed by atoms with Gasteiger partial charge in [-0.15, -0.1) is 0 Å². The molecule has 0 radical (unpaired) electrons. The zero-order valence-corrected chi connectivity index (χ0v) is 14.7. The summed E-state index contributed by atoms with van der Waals surface area (Å²) in [6.07, 6.45) is -4.15. The van der Waals surface area contributed by atoms with E-state index in [0.717, 1.165) is 4.47 Å². The Kier molecular flexibility index (Phi) is 5.14. The Balaban J connectivity index is 1.69. The summed E-state index contributed by atoms with van der Waals surface area (Å²) >= 11 is 3.29. The number of carbonyl (C=O) groups is 1. The number of ether oxygens (including phenoxy) is 1. The highest BCUT2D eigenvalue weighted by Gasteiger charge is 2.39. The first-order valence-electron chi connectivity index (χ1n) is 7.63. The minimum Gasteiger partial charge on any atom is -0.376 e. The molecule has 1 aliphatic rings. The molecule has 1 aromatic carbocycles. The lowest BCUT2D eigenvalue weighted by molar-refractivity contribution is -0.142. The quantitative estimate of drug-likeness (QED) is 0.830. The van der Waals surface area contributed by atoms with Crippen molar-refractivity contribution in [3.63, 3.8) is 0 Å². The van der Waals surface area contributed by atoms with Gasteiger partial charge in [-0.1, -0.05) is 22.0 Å². The van der Waals surface area contributed by atoms with Gasteiger partial charge < -0.3 is 10.1 Å². The number of rotatable bonds is 4. The molecule has 2 aromatic rings. The minimum atomic E-state index is -4.52. The van der Waals surface area contributed by atoms with Crippen LogP contribution in [-0.4, -0.2) is 28.8 Å². The second-order valence-electron chi connectivity index (χ2n) is 5.56. The Morgan fingerprint density at radius 1 is 1.40 bits per heavy atom. The number of aromatic nitrogens is 2. The topological polar surface area (TPSA) is 56.2 Å². The predicted molar refractivity (Wildman–Crippen MR) is 87.1 cm³/mol. The van der Waals surface area contributed by atoms with Gasteiger partial charge in [0.15, 0.2) is 5.69 Å². The number of carbonyl (C=O) groups excluding carboxylic acids is 1. The van der Waals surface area contributed by atoms with Crippen molar-refractivity contribution in [2.45, 2.75) is 25.7 Å². The second kappa shape index (κ2) is 7.17. The van der Waals surface area contributed by atoms with Crippen LogP contribution in [0.1, 0.15) is 27.3 Å². The van der Waals surface area contributed by atoms with Gasteiger partial charge >= 0.3 is 6.18 Å². The molecule has 3 rings (SSSR count). The summed E-state index contributed by atoms with van der Waals surface area (Å²) in [5.74, 6) is -0.290. The van der Waals surface area contributed by atoms with Gasteiger partial charge in [-0.3, -0.25) is 9.48 Å². The van der Waals surface area contributed by atoms with E-state index in [0.29, 0.717) is 24.3 Å². The summed E-state index contributed by atoms with van der Waals surface area (Å²) in [7, 11) is 0. The third-order valence-corrected chi connectivity index (χ3v) is 4.35. The van der Waals surface area contributed by atoms with Gasteiger partial charge in [0, 0.05) is 34.3 Å². The highest BCUT2D eigenvalue weighted by molar-refractivity contribution is 9.10. The maximum absolute atomic E-state index is 13.1. The largest absolute Gasteiger partial charge is 0.435 e. The molecule has 0 fully saturated rings. The van der Waals surface area contributed by atoms with Crippen LogP contribution >= 0.6 is 15.9 Å². The van der Waals surface area contributed by atoms with Crippen LogP contribution in [0.15, 0.2) is 28.7 Å². The number of benzene rings is 1. The van der Waals surface area contributed by atoms with Crippen LogP contribution in [0.5, 0.6) is 0 Å². The molecule has 0 atom stereocenters. The van der Waals surface area contributed by atoms with Gasteiger partial charge in [-0.25, -0.2) is 0 Å². The first-order chi connectivity index (χ1) is 11.9. The maximum Gasteiger partial charge on any atom is 0.435 e. The number of fused-ring (bicyclic) bond motifs is 1. The normalized spacial score (nSPS) is 14.2. The van der Waals surface area contributed by atoms with Gasteiger partial charge in [-0.05, 0) is 18.2 Å². The van der Waals surface area contributed by atoms with Crippen molar-refractivity contribution in [1.29, 1.82) is 0 Å². The minimum absolute atomic E-state index is 0.0887. The molecule has 5 nitrogen and oxygen atoms in total. The van der Waals surface area contributed by atoms with Crippen molar-refractivity contribution in [2.24, 2.45) is 0 Å². The number of halogens is 4. The van der Waals surface area contributed by atoms with Gasteiger partial charge in [0.2, 0.25) is 0 Å². The lowest BCUT2D eigenvalue weighted by Gasteiger charge is -2.15. The van der Waals surface area contributed by atoms with E-state index in [4.69, 9.17) is 4.74 Å². The van der Waals surface area contributed by atoms with Gasteiger partial charge in [0.1, 0.15) is 0 Å². The first kappa shape index (κ1) is 17.9. The lowest BCUT2D eigenvalue weighted by atomic mass is 10.1. The Hall–Kier alpha value is -1.87. The van der Waals surface area contributed by atoms with E-state index in [2.05, 4.69) is 26.3 Å². The van der Waals surface area contributed by atoms with Crippen molar-refractivity contribution in [2.75, 3.05) is 13.2 Å². The van der Waals surface area contributed by atoms with Crippen LogP contribution in [0.2, 0.25) is 0 Å². The molecule has 25 heavy (non-hydrogen) atoms. The standard InChI is InChI=1S/C16H15BrF3N3O2/c17-11-3-1-2-10(8-11)15(24)21-5-6-23-13-4-7-25-9-12(13)14(22-23)16(18,19)20/h1-3,8H,4-7,9H2,(H,21,24). The van der Waals surface area contributed by atoms with E-state index in [1.165, 1.54) is 4.68 Å². The van der Waals surface area contributed by atoms with Crippen LogP contribution in [0.4, 0.5) is 13.2 Å². The first-order valence-corrected chi connectivity index (χ1v) is 8.43. The van der Waals surface area contributed by atoms with Crippen LogP contribution in [0, 0.1) is 0 Å². The zero-order valence-electron chi connectivity index (χ0n) is 13.1. The van der Waals surface area contributed by atoms with E-state index < -0.39 is 11.9 Å². The average Bonchev–Trinajstić information content (AvgIpc) is 2.94. The number of amides is 1. The molecule has 1 aromatic heterocycles. The molecular weight excluding hydrogens is 403 g/mol. The summed E-state index contributed by atoms with van der Waals surface area (Å²) in [6.45, 7) is 0.616.